The molecule has 5 nitrogen and oxygen atoms in total. The number of hydrogen-bond acceptors (Lipinski definition) is 4. The van der Waals surface area contributed by atoms with Crippen LogP contribution < -0.4 is 5.32 Å². The molecule has 0 amide bonds. The minimum Gasteiger partial charge on any atom is -0.351 e. The molecule has 0 bridgehead atoms. The van der Waals surface area contributed by atoms with Gasteiger partial charge >= 0.3 is 0 Å². The predicted molar refractivity (Wildman–Crippen MR) is 124 cm³/mol. The molecule has 0 fully saturated rings. The monoisotopic (exact) mass is 470 g/mol. The van der Waals surface area contributed by atoms with E-state index in [9.17, 15) is 13.2 Å². The van der Waals surface area contributed by atoms with Gasteiger partial charge in [0.25, 0.3) is 10.0 Å². The zero-order valence-electron chi connectivity index (χ0n) is 16.3. The number of carbonyl (C=O) groups excluding carboxylic acids is 1. The highest BCUT2D eigenvalue weighted by Crippen LogP contribution is 2.31. The fourth-order valence-corrected chi connectivity index (χ4v) is 4.59. The van der Waals surface area contributed by atoms with E-state index < -0.39 is 10.0 Å². The van der Waals surface area contributed by atoms with Gasteiger partial charge in [0.1, 0.15) is 11.4 Å². The van der Waals surface area contributed by atoms with Crippen LogP contribution in [-0.2, 0) is 10.0 Å². The molecular formula is C23H16Cl2N2O3S. The summed E-state index contributed by atoms with van der Waals surface area (Å²) in [6.07, 6.45) is 0. The van der Waals surface area contributed by atoms with Crippen LogP contribution in [0, 0.1) is 6.92 Å². The number of fused-ring (bicyclic) bond motifs is 1. The molecule has 0 radical (unpaired) electrons. The SMILES string of the molecule is Cc1ccc(S(=O)(=O)/N=C2\C(Cl)=C(Nc3ccc(Cl)cc3)C(=O)c3ccccc32)cc1. The summed E-state index contributed by atoms with van der Waals surface area (Å²) in [6.45, 7) is 1.86. The van der Waals surface area contributed by atoms with Crippen LogP contribution in [0.15, 0.2) is 92.8 Å². The van der Waals surface area contributed by atoms with Crippen LogP contribution in [-0.4, -0.2) is 19.9 Å². The highest BCUT2D eigenvalue weighted by Gasteiger charge is 2.31. The largest absolute Gasteiger partial charge is 0.351 e. The topological polar surface area (TPSA) is 75.6 Å². The molecule has 156 valence electrons. The Morgan fingerprint density at radius 1 is 0.839 bits per heavy atom. The number of ketones is 1. The first-order valence-electron chi connectivity index (χ1n) is 9.25. The summed E-state index contributed by atoms with van der Waals surface area (Å²) >= 11 is 12.5. The number of carbonyl (C=O) groups is 1. The summed E-state index contributed by atoms with van der Waals surface area (Å²) in [5, 5.41) is 3.44. The number of anilines is 1. The highest BCUT2D eigenvalue weighted by atomic mass is 35.5. The number of aryl methyl sites for hydroxylation is 1. The van der Waals surface area contributed by atoms with Gasteiger partial charge in [0.15, 0.2) is 0 Å². The summed E-state index contributed by atoms with van der Waals surface area (Å²) in [6, 6.07) is 19.7. The molecule has 8 heteroatoms. The van der Waals surface area contributed by atoms with Gasteiger partial charge in [-0.3, -0.25) is 4.79 Å². The molecule has 1 N–H and O–H groups in total. The van der Waals surface area contributed by atoms with E-state index in [0.717, 1.165) is 5.56 Å². The van der Waals surface area contributed by atoms with E-state index in [1.165, 1.54) is 12.1 Å². The van der Waals surface area contributed by atoms with Crippen molar-refractivity contribution < 1.29 is 13.2 Å². The molecule has 1 aliphatic rings. The van der Waals surface area contributed by atoms with Crippen LogP contribution in [0.4, 0.5) is 5.69 Å². The van der Waals surface area contributed by atoms with Crippen LogP contribution in [0.2, 0.25) is 5.02 Å². The minimum atomic E-state index is -4.06. The lowest BCUT2D eigenvalue weighted by atomic mass is 9.92. The second-order valence-electron chi connectivity index (χ2n) is 6.92. The Balaban J connectivity index is 1.86. The third-order valence-corrected chi connectivity index (χ3v) is 6.64. The van der Waals surface area contributed by atoms with E-state index in [1.807, 2.05) is 6.92 Å². The number of hydrogen-bond donors (Lipinski definition) is 1. The molecule has 0 atom stereocenters. The van der Waals surface area contributed by atoms with Crippen LogP contribution >= 0.6 is 23.2 Å². The molecule has 1 aliphatic carbocycles. The number of halogens is 2. The van der Waals surface area contributed by atoms with Gasteiger partial charge in [0, 0.05) is 21.8 Å². The molecule has 0 heterocycles. The fourth-order valence-electron chi connectivity index (χ4n) is 3.12. The second-order valence-corrected chi connectivity index (χ2v) is 9.34. The fraction of sp³-hybridized carbons (Fsp3) is 0.0435. The molecule has 4 rings (SSSR count). The average molecular weight is 471 g/mol. The average Bonchev–Trinajstić information content (AvgIpc) is 2.76. The maximum atomic E-state index is 13.1. The van der Waals surface area contributed by atoms with Gasteiger partial charge in [-0.15, -0.1) is 0 Å². The van der Waals surface area contributed by atoms with Crippen molar-refractivity contribution in [3.63, 3.8) is 0 Å². The van der Waals surface area contributed by atoms with E-state index in [-0.39, 0.29) is 27.1 Å². The van der Waals surface area contributed by atoms with Crippen molar-refractivity contribution in [1.29, 1.82) is 0 Å². The maximum Gasteiger partial charge on any atom is 0.282 e. The number of sulfonamides is 1. The molecule has 0 unspecified atom stereocenters. The quantitative estimate of drug-likeness (QED) is 0.539. The lowest BCUT2D eigenvalue weighted by Gasteiger charge is -2.21. The molecule has 0 saturated heterocycles. The Morgan fingerprint density at radius 2 is 1.45 bits per heavy atom. The summed E-state index contributed by atoms with van der Waals surface area (Å²) in [7, 11) is -4.06. The highest BCUT2D eigenvalue weighted by molar-refractivity contribution is 7.90. The lowest BCUT2D eigenvalue weighted by Crippen LogP contribution is -2.25. The third kappa shape index (κ3) is 4.28. The zero-order chi connectivity index (χ0) is 22.2. The Kier molecular flexibility index (Phi) is 5.71. The van der Waals surface area contributed by atoms with E-state index in [1.54, 1.807) is 60.7 Å². The summed E-state index contributed by atoms with van der Waals surface area (Å²) in [5.41, 5.74) is 2.21. The van der Waals surface area contributed by atoms with Gasteiger partial charge in [-0.1, -0.05) is 65.2 Å². The molecule has 3 aromatic carbocycles. The Hall–Kier alpha value is -2.93. The lowest BCUT2D eigenvalue weighted by molar-refractivity contribution is 0.103. The van der Waals surface area contributed by atoms with Crippen LogP contribution in [0.25, 0.3) is 0 Å². The summed E-state index contributed by atoms with van der Waals surface area (Å²) in [4.78, 5) is 13.1. The van der Waals surface area contributed by atoms with E-state index in [2.05, 4.69) is 9.71 Å². The number of benzene rings is 3. The smallest absolute Gasteiger partial charge is 0.282 e. The number of Topliss-reactive ketones (excluding diaryl/α,β-unsaturated/α-hetero) is 1. The van der Waals surface area contributed by atoms with Crippen molar-refractivity contribution in [3.05, 3.63) is 105 Å². The molecule has 0 saturated carbocycles. The van der Waals surface area contributed by atoms with Crippen molar-refractivity contribution >= 4 is 50.4 Å². The minimum absolute atomic E-state index is 0.00825. The summed E-state index contributed by atoms with van der Waals surface area (Å²) in [5.74, 6) is -0.359. The maximum absolute atomic E-state index is 13.1. The molecule has 0 aromatic heterocycles. The van der Waals surface area contributed by atoms with E-state index >= 15 is 0 Å². The molecule has 0 spiro atoms. The molecule has 0 aliphatic heterocycles. The second kappa shape index (κ2) is 8.30. The number of rotatable bonds is 4. The van der Waals surface area contributed by atoms with Gasteiger partial charge in [-0.05, 0) is 43.3 Å². The van der Waals surface area contributed by atoms with E-state index in [4.69, 9.17) is 23.2 Å². The Labute approximate surface area is 190 Å². The first-order chi connectivity index (χ1) is 14.8. The van der Waals surface area contributed by atoms with Crippen molar-refractivity contribution in [2.45, 2.75) is 11.8 Å². The van der Waals surface area contributed by atoms with Crippen LogP contribution in [0.3, 0.4) is 0 Å². The van der Waals surface area contributed by atoms with Crippen molar-refractivity contribution in [1.82, 2.24) is 0 Å². The van der Waals surface area contributed by atoms with Gasteiger partial charge in [-0.2, -0.15) is 12.8 Å². The van der Waals surface area contributed by atoms with Gasteiger partial charge in [0.05, 0.1) is 9.93 Å². The molecular weight excluding hydrogens is 455 g/mol. The Morgan fingerprint density at radius 3 is 2.10 bits per heavy atom. The molecule has 3 aromatic rings. The van der Waals surface area contributed by atoms with Gasteiger partial charge in [-0.25, -0.2) is 0 Å². The normalized spacial score (nSPS) is 15.2. The van der Waals surface area contributed by atoms with E-state index in [0.29, 0.717) is 21.8 Å². The number of nitrogens with zero attached hydrogens (tertiary/aromatic N) is 1. The van der Waals surface area contributed by atoms with Crippen molar-refractivity contribution in [2.24, 2.45) is 4.40 Å². The standard InChI is InChI=1S/C23H16Cl2N2O3S/c1-14-6-12-17(13-7-14)31(29,30)27-21-18-4-2-3-5-19(18)23(28)22(20(21)25)26-16-10-8-15(24)9-11-16/h2-13,26H,1H3/b27-21-. The van der Waals surface area contributed by atoms with Gasteiger partial charge in [0.2, 0.25) is 5.78 Å². The van der Waals surface area contributed by atoms with Crippen molar-refractivity contribution in [2.75, 3.05) is 5.32 Å². The van der Waals surface area contributed by atoms with Crippen LogP contribution in [0.1, 0.15) is 21.5 Å². The number of allylic oxidation sites excluding steroid dienone is 2. The first-order valence-corrected chi connectivity index (χ1v) is 11.4. The van der Waals surface area contributed by atoms with Crippen molar-refractivity contribution in [3.8, 4) is 0 Å². The Bertz CT molecular complexity index is 1340. The number of nitrogens with one attached hydrogen (secondary N) is 1. The zero-order valence-corrected chi connectivity index (χ0v) is 18.6. The first kappa shape index (κ1) is 21.3. The van der Waals surface area contributed by atoms with Gasteiger partial charge < -0.3 is 5.32 Å². The van der Waals surface area contributed by atoms with Crippen LogP contribution in [0.5, 0.6) is 0 Å². The summed E-state index contributed by atoms with van der Waals surface area (Å²) < 4.78 is 29.9. The predicted octanol–water partition coefficient (Wildman–Crippen LogP) is 5.59. The molecule has 31 heavy (non-hydrogen) atoms. The third-order valence-electron chi connectivity index (χ3n) is 4.73.